The van der Waals surface area contributed by atoms with Gasteiger partial charge in [-0.1, -0.05) is 12.1 Å². The van der Waals surface area contributed by atoms with E-state index in [0.717, 1.165) is 11.3 Å². The Hall–Kier alpha value is -2.50. The van der Waals surface area contributed by atoms with Crippen LogP contribution in [0, 0.1) is 0 Å². The number of benzene rings is 2. The zero-order chi connectivity index (χ0) is 15.9. The van der Waals surface area contributed by atoms with Crippen LogP contribution in [0.25, 0.3) is 0 Å². The number of hydrogen-bond donors (Lipinski definition) is 1. The monoisotopic (exact) mass is 309 g/mol. The highest BCUT2D eigenvalue weighted by molar-refractivity contribution is 5.55. The van der Waals surface area contributed by atoms with E-state index in [1.165, 1.54) is 12.1 Å². The largest absolute Gasteiger partial charge is 0.497 e. The molecule has 0 aliphatic heterocycles. The Morgan fingerprint density at radius 1 is 1.00 bits per heavy atom. The number of methoxy groups -OCH3 is 1. The zero-order valence-corrected chi connectivity index (χ0v) is 12.1. The van der Waals surface area contributed by atoms with Crippen LogP contribution in [-0.4, -0.2) is 20.1 Å². The van der Waals surface area contributed by atoms with Gasteiger partial charge in [-0.2, -0.15) is 0 Å². The van der Waals surface area contributed by atoms with Crippen LogP contribution in [0.4, 0.5) is 14.5 Å². The maximum absolute atomic E-state index is 12.1. The predicted molar refractivity (Wildman–Crippen MR) is 79.7 cm³/mol. The van der Waals surface area contributed by atoms with Crippen LogP contribution in [-0.2, 0) is 6.61 Å². The lowest BCUT2D eigenvalue weighted by Gasteiger charge is -2.12. The lowest BCUT2D eigenvalue weighted by molar-refractivity contribution is 0.0817. The molecule has 2 aromatic carbocycles. The average Bonchev–Trinajstić information content (AvgIpc) is 2.53. The van der Waals surface area contributed by atoms with Crippen molar-refractivity contribution < 1.29 is 23.0 Å². The Morgan fingerprint density at radius 2 is 1.68 bits per heavy atom. The number of rotatable bonds is 7. The van der Waals surface area contributed by atoms with E-state index >= 15 is 0 Å². The van der Waals surface area contributed by atoms with Crippen molar-refractivity contribution in [1.82, 2.24) is 0 Å². The van der Waals surface area contributed by atoms with Crippen molar-refractivity contribution in [3.63, 3.8) is 0 Å². The summed E-state index contributed by atoms with van der Waals surface area (Å²) in [6, 6.07) is 12.0. The summed E-state index contributed by atoms with van der Waals surface area (Å²) in [6.45, 7) is -0.367. The number of ether oxygens (including phenoxy) is 3. The first-order valence-corrected chi connectivity index (χ1v) is 6.64. The third kappa shape index (κ3) is 4.51. The lowest BCUT2D eigenvalue weighted by Crippen LogP contribution is -2.07. The minimum absolute atomic E-state index is 0.291. The van der Waals surface area contributed by atoms with Gasteiger partial charge in [-0.25, -0.2) is 8.78 Å². The van der Waals surface area contributed by atoms with E-state index in [2.05, 4.69) is 0 Å². The van der Waals surface area contributed by atoms with E-state index in [-0.39, 0.29) is 0 Å². The molecule has 0 fully saturated rings. The molecule has 0 bridgehead atoms. The minimum atomic E-state index is -2.53. The van der Waals surface area contributed by atoms with Gasteiger partial charge in [0.2, 0.25) is 0 Å². The van der Waals surface area contributed by atoms with Crippen molar-refractivity contribution in [3.05, 3.63) is 48.0 Å². The molecule has 22 heavy (non-hydrogen) atoms. The van der Waals surface area contributed by atoms with Crippen LogP contribution < -0.4 is 19.9 Å². The first-order valence-electron chi connectivity index (χ1n) is 6.64. The minimum Gasteiger partial charge on any atom is -0.497 e. The molecule has 0 unspecified atom stereocenters. The van der Waals surface area contributed by atoms with Crippen molar-refractivity contribution in [3.8, 4) is 17.2 Å². The first kappa shape index (κ1) is 15.9. The SMILES string of the molecule is COc1ccc(COc2cc(OCC(F)F)ccc2N)cc1. The number of alkyl halides is 2. The smallest absolute Gasteiger partial charge is 0.272 e. The van der Waals surface area contributed by atoms with Gasteiger partial charge in [-0.3, -0.25) is 0 Å². The van der Waals surface area contributed by atoms with Gasteiger partial charge in [0.25, 0.3) is 6.43 Å². The Labute approximate surface area is 127 Å². The van der Waals surface area contributed by atoms with Crippen LogP contribution in [0.5, 0.6) is 17.2 Å². The molecule has 0 heterocycles. The van der Waals surface area contributed by atoms with Gasteiger partial charge in [0, 0.05) is 6.07 Å². The molecule has 118 valence electrons. The van der Waals surface area contributed by atoms with Crippen LogP contribution in [0.3, 0.4) is 0 Å². The highest BCUT2D eigenvalue weighted by atomic mass is 19.3. The van der Waals surface area contributed by atoms with Crippen molar-refractivity contribution in [2.24, 2.45) is 0 Å². The van der Waals surface area contributed by atoms with E-state index in [9.17, 15) is 8.78 Å². The fourth-order valence-corrected chi connectivity index (χ4v) is 1.77. The molecule has 6 heteroatoms. The van der Waals surface area contributed by atoms with Crippen LogP contribution >= 0.6 is 0 Å². The number of nitrogen functional groups attached to an aromatic ring is 1. The van der Waals surface area contributed by atoms with Crippen LogP contribution in [0.1, 0.15) is 5.56 Å². The third-order valence-electron chi connectivity index (χ3n) is 2.91. The van der Waals surface area contributed by atoms with Crippen molar-refractivity contribution in [1.29, 1.82) is 0 Å². The van der Waals surface area contributed by atoms with E-state index in [1.54, 1.807) is 13.2 Å². The van der Waals surface area contributed by atoms with Crippen LogP contribution in [0.15, 0.2) is 42.5 Å². The first-order chi connectivity index (χ1) is 10.6. The summed E-state index contributed by atoms with van der Waals surface area (Å²) in [4.78, 5) is 0. The standard InChI is InChI=1S/C16H17F2NO3/c1-20-12-4-2-11(3-5-12)9-22-15-8-13(6-7-14(15)19)21-10-16(17)18/h2-8,16H,9-10,19H2,1H3. The quantitative estimate of drug-likeness (QED) is 0.795. The number of halogens is 2. The Kier molecular flexibility index (Phi) is 5.41. The third-order valence-corrected chi connectivity index (χ3v) is 2.91. The van der Waals surface area contributed by atoms with E-state index in [0.29, 0.717) is 23.8 Å². The summed E-state index contributed by atoms with van der Waals surface area (Å²) >= 11 is 0. The predicted octanol–water partition coefficient (Wildman–Crippen LogP) is 3.50. The normalized spacial score (nSPS) is 10.5. The van der Waals surface area contributed by atoms with Crippen molar-refractivity contribution >= 4 is 5.69 Å². The van der Waals surface area contributed by atoms with Crippen LogP contribution in [0.2, 0.25) is 0 Å². The average molecular weight is 309 g/mol. The second-order valence-corrected chi connectivity index (χ2v) is 4.54. The second kappa shape index (κ2) is 7.49. The highest BCUT2D eigenvalue weighted by Gasteiger charge is 2.07. The van der Waals surface area contributed by atoms with Crippen molar-refractivity contribution in [2.45, 2.75) is 13.0 Å². The molecule has 4 nitrogen and oxygen atoms in total. The van der Waals surface area contributed by atoms with Gasteiger partial charge in [0.05, 0.1) is 12.8 Å². The second-order valence-electron chi connectivity index (χ2n) is 4.54. The molecule has 0 atom stereocenters. The van der Waals surface area contributed by atoms with Gasteiger partial charge < -0.3 is 19.9 Å². The molecule has 0 saturated carbocycles. The maximum Gasteiger partial charge on any atom is 0.272 e. The Balaban J connectivity index is 1.99. The zero-order valence-electron chi connectivity index (χ0n) is 12.1. The maximum atomic E-state index is 12.1. The summed E-state index contributed by atoms with van der Waals surface area (Å²) in [5, 5.41) is 0. The van der Waals surface area contributed by atoms with Gasteiger partial charge in [-0.15, -0.1) is 0 Å². The molecular formula is C16H17F2NO3. The summed E-state index contributed by atoms with van der Waals surface area (Å²) in [6.07, 6.45) is -2.53. The summed E-state index contributed by atoms with van der Waals surface area (Å²) in [7, 11) is 1.59. The molecule has 0 radical (unpaired) electrons. The summed E-state index contributed by atoms with van der Waals surface area (Å²) in [5.41, 5.74) is 7.15. The summed E-state index contributed by atoms with van der Waals surface area (Å²) in [5.74, 6) is 1.44. The number of hydrogen-bond acceptors (Lipinski definition) is 4. The van der Waals surface area contributed by atoms with Gasteiger partial charge in [-0.05, 0) is 29.8 Å². The topological polar surface area (TPSA) is 53.7 Å². The molecule has 0 aromatic heterocycles. The Bertz CT molecular complexity index is 603. The molecule has 2 N–H and O–H groups in total. The molecule has 0 spiro atoms. The molecular weight excluding hydrogens is 292 g/mol. The summed E-state index contributed by atoms with van der Waals surface area (Å²) < 4.78 is 39.9. The van der Waals surface area contributed by atoms with Crippen molar-refractivity contribution in [2.75, 3.05) is 19.5 Å². The van der Waals surface area contributed by atoms with E-state index in [1.807, 2.05) is 24.3 Å². The fraction of sp³-hybridized carbons (Fsp3) is 0.250. The molecule has 0 amide bonds. The molecule has 0 saturated heterocycles. The lowest BCUT2D eigenvalue weighted by atomic mass is 10.2. The van der Waals surface area contributed by atoms with E-state index < -0.39 is 13.0 Å². The molecule has 2 aromatic rings. The molecule has 0 aliphatic carbocycles. The number of nitrogens with two attached hydrogens (primary N) is 1. The van der Waals surface area contributed by atoms with Gasteiger partial charge >= 0.3 is 0 Å². The van der Waals surface area contributed by atoms with Gasteiger partial charge in [0.1, 0.15) is 30.5 Å². The number of anilines is 1. The molecule has 2 rings (SSSR count). The van der Waals surface area contributed by atoms with E-state index in [4.69, 9.17) is 19.9 Å². The van der Waals surface area contributed by atoms with Gasteiger partial charge in [0.15, 0.2) is 0 Å². The fourth-order valence-electron chi connectivity index (χ4n) is 1.77. The highest BCUT2D eigenvalue weighted by Crippen LogP contribution is 2.28. The molecule has 0 aliphatic rings. The Morgan fingerprint density at radius 3 is 2.32 bits per heavy atom.